The molecule has 0 saturated heterocycles. The van der Waals surface area contributed by atoms with Gasteiger partial charge in [0.05, 0.1) is 25.4 Å². The van der Waals surface area contributed by atoms with Crippen LogP contribution in [0.1, 0.15) is 361 Å². The maximum absolute atomic E-state index is 12.4. The molecule has 2 unspecified atom stereocenters. The van der Waals surface area contributed by atoms with Crippen LogP contribution < -0.4 is 5.32 Å². The van der Waals surface area contributed by atoms with Crippen molar-refractivity contribution in [3.8, 4) is 0 Å². The van der Waals surface area contributed by atoms with Gasteiger partial charge >= 0.3 is 5.97 Å². The van der Waals surface area contributed by atoms with Gasteiger partial charge in [-0.15, -0.1) is 0 Å². The first-order valence-corrected chi connectivity index (χ1v) is 31.3. The van der Waals surface area contributed by atoms with E-state index in [9.17, 15) is 19.8 Å². The minimum atomic E-state index is -0.658. The molecule has 0 fully saturated rings. The number of esters is 1. The first kappa shape index (κ1) is 66.9. The average molecular weight is 963 g/mol. The summed E-state index contributed by atoms with van der Waals surface area (Å²) in [7, 11) is 0. The Morgan fingerprint density at radius 3 is 0.897 bits per heavy atom. The first-order chi connectivity index (χ1) is 33.5. The summed E-state index contributed by atoms with van der Waals surface area (Å²) in [5.41, 5.74) is 0. The van der Waals surface area contributed by atoms with Gasteiger partial charge in [-0.1, -0.05) is 322 Å². The van der Waals surface area contributed by atoms with Gasteiger partial charge < -0.3 is 20.3 Å². The maximum atomic E-state index is 12.4. The summed E-state index contributed by atoms with van der Waals surface area (Å²) in [6.07, 6.45) is 68.5. The van der Waals surface area contributed by atoms with Crippen molar-refractivity contribution in [1.82, 2.24) is 5.32 Å². The highest BCUT2D eigenvalue weighted by Crippen LogP contribution is 2.19. The highest BCUT2D eigenvalue weighted by atomic mass is 16.5. The smallest absolute Gasteiger partial charge is 0.305 e. The molecule has 0 aromatic carbocycles. The molecule has 0 aromatic heterocycles. The molecule has 0 saturated carbocycles. The van der Waals surface area contributed by atoms with Gasteiger partial charge in [-0.2, -0.15) is 0 Å². The minimum absolute atomic E-state index is 0.0217. The Morgan fingerprint density at radius 1 is 0.353 bits per heavy atom. The molecule has 0 spiro atoms. The number of rotatable bonds is 59. The summed E-state index contributed by atoms with van der Waals surface area (Å²) < 4.78 is 5.48. The summed E-state index contributed by atoms with van der Waals surface area (Å²) in [6.45, 7) is 4.96. The second kappa shape index (κ2) is 58.4. The van der Waals surface area contributed by atoms with Crippen molar-refractivity contribution in [2.24, 2.45) is 0 Å². The third kappa shape index (κ3) is 54.2. The second-order valence-electron chi connectivity index (χ2n) is 21.8. The zero-order chi connectivity index (χ0) is 49.3. The molecule has 406 valence electrons. The van der Waals surface area contributed by atoms with E-state index in [4.69, 9.17) is 4.74 Å². The van der Waals surface area contributed by atoms with Crippen LogP contribution in [0, 0.1) is 0 Å². The van der Waals surface area contributed by atoms with Crippen molar-refractivity contribution in [2.75, 3.05) is 13.2 Å². The molecule has 0 rings (SSSR count). The van der Waals surface area contributed by atoms with E-state index in [0.29, 0.717) is 25.9 Å². The molecule has 0 aliphatic carbocycles. The van der Waals surface area contributed by atoms with Gasteiger partial charge in [0.25, 0.3) is 0 Å². The molecule has 6 nitrogen and oxygen atoms in total. The highest BCUT2D eigenvalue weighted by molar-refractivity contribution is 5.76. The Morgan fingerprint density at radius 2 is 0.603 bits per heavy atom. The van der Waals surface area contributed by atoms with Crippen LogP contribution in [0.15, 0.2) is 0 Å². The van der Waals surface area contributed by atoms with Gasteiger partial charge in [-0.3, -0.25) is 9.59 Å². The fourth-order valence-corrected chi connectivity index (χ4v) is 10.1. The van der Waals surface area contributed by atoms with Gasteiger partial charge in [-0.25, -0.2) is 0 Å². The number of amides is 1. The van der Waals surface area contributed by atoms with Gasteiger partial charge in [0.2, 0.25) is 5.91 Å². The number of hydrogen-bond acceptors (Lipinski definition) is 5. The van der Waals surface area contributed by atoms with Crippen molar-refractivity contribution in [1.29, 1.82) is 0 Å². The normalized spacial score (nSPS) is 12.5. The second-order valence-corrected chi connectivity index (χ2v) is 21.8. The van der Waals surface area contributed by atoms with Gasteiger partial charge in [0.1, 0.15) is 0 Å². The van der Waals surface area contributed by atoms with E-state index in [1.807, 2.05) is 0 Å². The van der Waals surface area contributed by atoms with Crippen molar-refractivity contribution < 1.29 is 24.5 Å². The molecule has 0 bridgehead atoms. The molecule has 0 aliphatic rings. The van der Waals surface area contributed by atoms with Crippen LogP contribution in [-0.2, 0) is 14.3 Å². The Bertz CT molecular complexity index is 975. The summed E-state index contributed by atoms with van der Waals surface area (Å²) in [5.74, 6) is -0.0102. The number of carbonyl (C=O) groups excluding carboxylic acids is 2. The molecule has 1 amide bonds. The molecular weight excluding hydrogens is 839 g/mol. The van der Waals surface area contributed by atoms with E-state index >= 15 is 0 Å². The van der Waals surface area contributed by atoms with Crippen molar-refractivity contribution >= 4 is 11.9 Å². The Balaban J connectivity index is 3.28. The molecule has 0 aliphatic heterocycles. The lowest BCUT2D eigenvalue weighted by Crippen LogP contribution is -2.45. The van der Waals surface area contributed by atoms with E-state index < -0.39 is 12.1 Å². The monoisotopic (exact) mass is 962 g/mol. The Labute approximate surface area is 426 Å². The predicted molar refractivity (Wildman–Crippen MR) is 297 cm³/mol. The molecule has 0 heterocycles. The van der Waals surface area contributed by atoms with Crippen LogP contribution in [0.2, 0.25) is 0 Å². The summed E-state index contributed by atoms with van der Waals surface area (Å²) in [4.78, 5) is 24.4. The van der Waals surface area contributed by atoms with Crippen molar-refractivity contribution in [2.45, 2.75) is 373 Å². The molecular formula is C62H123NO5. The molecule has 3 N–H and O–H groups in total. The van der Waals surface area contributed by atoms with Crippen LogP contribution in [0.5, 0.6) is 0 Å². The van der Waals surface area contributed by atoms with Crippen LogP contribution in [-0.4, -0.2) is 47.4 Å². The lowest BCUT2D eigenvalue weighted by molar-refractivity contribution is -0.143. The van der Waals surface area contributed by atoms with Crippen LogP contribution in [0.4, 0.5) is 0 Å². The SMILES string of the molecule is CCCCCCCCCCCCCCCC(=O)OCCCCCCCCCCCCCCCCCCCCCCCCCCCCCCCC(=O)NC(CO)C(O)CCCCCCCCCCC. The third-order valence-corrected chi connectivity index (χ3v) is 14.9. The number of nitrogens with one attached hydrogen (secondary N) is 1. The van der Waals surface area contributed by atoms with Gasteiger partial charge in [-0.05, 0) is 25.7 Å². The minimum Gasteiger partial charge on any atom is -0.466 e. The summed E-state index contributed by atoms with van der Waals surface area (Å²) >= 11 is 0. The molecule has 2 atom stereocenters. The van der Waals surface area contributed by atoms with Crippen molar-refractivity contribution in [3.05, 3.63) is 0 Å². The molecule has 0 aromatic rings. The number of aliphatic hydroxyl groups excluding tert-OH is 2. The zero-order valence-corrected chi connectivity index (χ0v) is 46.4. The topological polar surface area (TPSA) is 95.9 Å². The summed E-state index contributed by atoms with van der Waals surface area (Å²) in [6, 6.07) is -0.535. The van der Waals surface area contributed by atoms with E-state index in [1.54, 1.807) is 0 Å². The van der Waals surface area contributed by atoms with Crippen LogP contribution in [0.25, 0.3) is 0 Å². The largest absolute Gasteiger partial charge is 0.466 e. The molecule has 68 heavy (non-hydrogen) atoms. The molecule has 6 heteroatoms. The van der Waals surface area contributed by atoms with E-state index in [1.165, 1.54) is 289 Å². The molecule has 0 radical (unpaired) electrons. The van der Waals surface area contributed by atoms with E-state index in [-0.39, 0.29) is 18.5 Å². The Hall–Kier alpha value is -1.14. The predicted octanol–water partition coefficient (Wildman–Crippen LogP) is 19.5. The zero-order valence-electron chi connectivity index (χ0n) is 46.4. The lowest BCUT2D eigenvalue weighted by Gasteiger charge is -2.22. The highest BCUT2D eigenvalue weighted by Gasteiger charge is 2.20. The van der Waals surface area contributed by atoms with Gasteiger partial charge in [0.15, 0.2) is 0 Å². The Kier molecular flexibility index (Phi) is 57.5. The van der Waals surface area contributed by atoms with E-state index in [2.05, 4.69) is 19.2 Å². The lowest BCUT2D eigenvalue weighted by atomic mass is 10.0. The van der Waals surface area contributed by atoms with E-state index in [0.717, 1.165) is 38.5 Å². The van der Waals surface area contributed by atoms with Crippen LogP contribution >= 0.6 is 0 Å². The fraction of sp³-hybridized carbons (Fsp3) is 0.968. The average Bonchev–Trinajstić information content (AvgIpc) is 3.34. The quantitative estimate of drug-likeness (QED) is 0.0417. The third-order valence-electron chi connectivity index (χ3n) is 14.9. The number of carbonyl (C=O) groups is 2. The standard InChI is InChI=1S/C62H123NO5/c1-3-5-7-9-11-13-14-32-36-40-44-48-52-56-62(67)68-57-53-49-45-41-37-34-31-29-27-25-23-21-19-17-15-16-18-20-22-24-26-28-30-33-35-39-43-47-51-55-61(66)63-59(58-64)60(65)54-50-46-42-38-12-10-8-6-4-2/h59-60,64-65H,3-58H2,1-2H3,(H,63,66). The summed E-state index contributed by atoms with van der Waals surface area (Å²) in [5, 5.41) is 23.1. The maximum Gasteiger partial charge on any atom is 0.305 e. The number of unbranched alkanes of at least 4 members (excludes halogenated alkanes) is 48. The number of aliphatic hydroxyl groups is 2. The van der Waals surface area contributed by atoms with Crippen LogP contribution in [0.3, 0.4) is 0 Å². The number of hydrogen-bond donors (Lipinski definition) is 3. The first-order valence-electron chi connectivity index (χ1n) is 31.3. The fourth-order valence-electron chi connectivity index (χ4n) is 10.1. The van der Waals surface area contributed by atoms with Crippen molar-refractivity contribution in [3.63, 3.8) is 0 Å². The number of ether oxygens (including phenoxy) is 1. The van der Waals surface area contributed by atoms with Gasteiger partial charge in [0, 0.05) is 12.8 Å².